The van der Waals surface area contributed by atoms with Gasteiger partial charge in [0, 0.05) is 16.9 Å². The first-order valence-corrected chi connectivity index (χ1v) is 9.43. The maximum Gasteiger partial charge on any atom is 0.193 e. The van der Waals surface area contributed by atoms with E-state index in [9.17, 15) is 4.79 Å². The zero-order valence-corrected chi connectivity index (χ0v) is 16.5. The highest BCUT2D eigenvalue weighted by atomic mass is 32.2. The fourth-order valence-electron chi connectivity index (χ4n) is 2.51. The highest BCUT2D eigenvalue weighted by Crippen LogP contribution is 2.33. The number of hydrogen-bond acceptors (Lipinski definition) is 4. The molecule has 0 unspecified atom stereocenters. The highest BCUT2D eigenvalue weighted by Gasteiger charge is 2.14. The monoisotopic (exact) mass is 358 g/mol. The second kappa shape index (κ2) is 8.95. The first-order valence-electron chi connectivity index (χ1n) is 8.62. The van der Waals surface area contributed by atoms with E-state index in [2.05, 4.69) is 26.0 Å². The van der Waals surface area contributed by atoms with Crippen molar-refractivity contribution in [3.63, 3.8) is 0 Å². The molecule has 134 valence electrons. The Morgan fingerprint density at radius 3 is 2.36 bits per heavy atom. The second-order valence-electron chi connectivity index (χ2n) is 5.98. The molecule has 0 N–H and O–H groups in total. The molecule has 0 saturated heterocycles. The molecule has 3 nitrogen and oxygen atoms in total. The van der Waals surface area contributed by atoms with E-state index in [0.717, 1.165) is 27.5 Å². The van der Waals surface area contributed by atoms with Crippen LogP contribution in [-0.2, 0) is 11.4 Å². The molecule has 0 fully saturated rings. The summed E-state index contributed by atoms with van der Waals surface area (Å²) in [4.78, 5) is 12.8. The van der Waals surface area contributed by atoms with Gasteiger partial charge in [0.2, 0.25) is 0 Å². The number of aryl methyl sites for hydroxylation is 3. The van der Waals surface area contributed by atoms with Crippen molar-refractivity contribution in [3.05, 3.63) is 52.6 Å². The van der Waals surface area contributed by atoms with E-state index in [4.69, 9.17) is 9.47 Å². The van der Waals surface area contributed by atoms with Crippen LogP contribution in [0.15, 0.2) is 35.2 Å². The molecule has 0 spiro atoms. The van der Waals surface area contributed by atoms with Crippen LogP contribution in [0.5, 0.6) is 11.5 Å². The van der Waals surface area contributed by atoms with Gasteiger partial charge >= 0.3 is 0 Å². The zero-order valence-electron chi connectivity index (χ0n) is 15.6. The molecule has 0 saturated carbocycles. The van der Waals surface area contributed by atoms with Gasteiger partial charge in [-0.15, -0.1) is 0 Å². The van der Waals surface area contributed by atoms with E-state index < -0.39 is 0 Å². The lowest BCUT2D eigenvalue weighted by atomic mass is 10.1. The Hall–Kier alpha value is -1.94. The van der Waals surface area contributed by atoms with Gasteiger partial charge in [0.1, 0.15) is 18.1 Å². The minimum absolute atomic E-state index is 0.136. The van der Waals surface area contributed by atoms with Crippen molar-refractivity contribution < 1.29 is 14.3 Å². The van der Waals surface area contributed by atoms with Crippen LogP contribution in [0, 0.1) is 20.8 Å². The van der Waals surface area contributed by atoms with Crippen LogP contribution in [0.25, 0.3) is 0 Å². The normalized spacial score (nSPS) is 10.6. The molecule has 25 heavy (non-hydrogen) atoms. The average Bonchev–Trinajstić information content (AvgIpc) is 2.58. The van der Waals surface area contributed by atoms with Crippen LogP contribution in [0.3, 0.4) is 0 Å². The summed E-state index contributed by atoms with van der Waals surface area (Å²) in [5.74, 6) is 1.64. The number of thioether (sulfide) groups is 1. The van der Waals surface area contributed by atoms with E-state index in [-0.39, 0.29) is 5.12 Å². The highest BCUT2D eigenvalue weighted by molar-refractivity contribution is 8.13. The van der Waals surface area contributed by atoms with E-state index in [1.165, 1.54) is 22.9 Å². The van der Waals surface area contributed by atoms with Gasteiger partial charge in [0.25, 0.3) is 0 Å². The van der Waals surface area contributed by atoms with Gasteiger partial charge < -0.3 is 9.47 Å². The minimum atomic E-state index is 0.136. The molecule has 0 aliphatic rings. The number of carbonyl (C=O) groups excluding carboxylic acids is 1. The fourth-order valence-corrected chi connectivity index (χ4v) is 3.33. The van der Waals surface area contributed by atoms with Crippen LogP contribution in [0.2, 0.25) is 0 Å². The number of carbonyl (C=O) groups is 1. The van der Waals surface area contributed by atoms with Crippen molar-refractivity contribution in [2.75, 3.05) is 6.61 Å². The maximum atomic E-state index is 11.9. The van der Waals surface area contributed by atoms with Crippen LogP contribution in [0.4, 0.5) is 0 Å². The molecular weight excluding hydrogens is 332 g/mol. The van der Waals surface area contributed by atoms with Gasteiger partial charge in [-0.05, 0) is 62.6 Å². The second-order valence-corrected chi connectivity index (χ2v) is 7.08. The summed E-state index contributed by atoms with van der Waals surface area (Å²) in [5.41, 5.74) is 4.49. The van der Waals surface area contributed by atoms with Crippen molar-refractivity contribution >= 4 is 16.9 Å². The van der Waals surface area contributed by atoms with Crippen molar-refractivity contribution in [2.45, 2.75) is 52.5 Å². The lowest BCUT2D eigenvalue weighted by Gasteiger charge is -2.17. The molecule has 0 radical (unpaired) electrons. The van der Waals surface area contributed by atoms with Crippen LogP contribution in [-0.4, -0.2) is 11.7 Å². The van der Waals surface area contributed by atoms with Crippen molar-refractivity contribution in [1.29, 1.82) is 0 Å². The first kappa shape index (κ1) is 19.4. The van der Waals surface area contributed by atoms with Crippen LogP contribution in [0.1, 0.15) is 42.5 Å². The molecule has 0 aromatic heterocycles. The molecule has 0 aliphatic heterocycles. The average molecular weight is 359 g/mol. The predicted molar refractivity (Wildman–Crippen MR) is 104 cm³/mol. The minimum Gasteiger partial charge on any atom is -0.493 e. The first-order chi connectivity index (χ1) is 12.0. The topological polar surface area (TPSA) is 35.5 Å². The molecule has 0 aliphatic carbocycles. The Kier molecular flexibility index (Phi) is 6.94. The van der Waals surface area contributed by atoms with Crippen molar-refractivity contribution in [2.24, 2.45) is 0 Å². The smallest absolute Gasteiger partial charge is 0.193 e. The summed E-state index contributed by atoms with van der Waals surface area (Å²) in [6, 6.07) is 10.00. The number of rotatable bonds is 7. The number of ether oxygens (including phenoxy) is 2. The predicted octanol–water partition coefficient (Wildman–Crippen LogP) is 5.62. The fraction of sp³-hybridized carbons (Fsp3) is 0.381. The Balaban J connectivity index is 2.30. The molecule has 0 bridgehead atoms. The molecule has 2 rings (SSSR count). The third-order valence-electron chi connectivity index (χ3n) is 4.07. The maximum absolute atomic E-state index is 11.9. The van der Waals surface area contributed by atoms with Crippen LogP contribution < -0.4 is 9.47 Å². The van der Waals surface area contributed by atoms with Gasteiger partial charge in [-0.3, -0.25) is 4.79 Å². The van der Waals surface area contributed by atoms with Crippen LogP contribution >= 0.6 is 11.8 Å². The van der Waals surface area contributed by atoms with Gasteiger partial charge in [-0.25, -0.2) is 0 Å². The molecule has 2 aromatic rings. The Morgan fingerprint density at radius 1 is 0.960 bits per heavy atom. The zero-order chi connectivity index (χ0) is 18.4. The summed E-state index contributed by atoms with van der Waals surface area (Å²) in [6.45, 7) is 11.0. The Labute approximate surface area is 154 Å². The van der Waals surface area contributed by atoms with Gasteiger partial charge in [-0.2, -0.15) is 0 Å². The summed E-state index contributed by atoms with van der Waals surface area (Å²) in [5, 5.41) is 0.136. The lowest BCUT2D eigenvalue weighted by molar-refractivity contribution is -0.110. The third-order valence-corrected chi connectivity index (χ3v) is 5.18. The van der Waals surface area contributed by atoms with Crippen molar-refractivity contribution in [1.82, 2.24) is 0 Å². The lowest BCUT2D eigenvalue weighted by Crippen LogP contribution is -2.04. The summed E-state index contributed by atoms with van der Waals surface area (Å²) in [7, 11) is 0. The summed E-state index contributed by atoms with van der Waals surface area (Å²) >= 11 is 1.26. The Morgan fingerprint density at radius 2 is 1.68 bits per heavy atom. The third kappa shape index (κ3) is 5.02. The molecular formula is C21H26O3S. The van der Waals surface area contributed by atoms with E-state index >= 15 is 0 Å². The van der Waals surface area contributed by atoms with Gasteiger partial charge in [0.15, 0.2) is 5.12 Å². The van der Waals surface area contributed by atoms with E-state index in [1.54, 1.807) is 0 Å². The van der Waals surface area contributed by atoms with Gasteiger partial charge in [-0.1, -0.05) is 30.8 Å². The standard InChI is InChI=1S/C21H26O3S/c1-6-21(22)25-20-10-8-9-18(23-7-2)17(20)13-24-19-12-15(4)14(3)11-16(19)5/h8-12H,6-7,13H2,1-5H3. The van der Waals surface area contributed by atoms with E-state index in [1.807, 2.05) is 39.0 Å². The molecule has 2 aromatic carbocycles. The molecule has 0 amide bonds. The van der Waals surface area contributed by atoms with E-state index in [0.29, 0.717) is 19.6 Å². The quantitative estimate of drug-likeness (QED) is 0.602. The number of hydrogen-bond donors (Lipinski definition) is 0. The largest absolute Gasteiger partial charge is 0.493 e. The van der Waals surface area contributed by atoms with Crippen molar-refractivity contribution in [3.8, 4) is 11.5 Å². The molecule has 0 heterocycles. The summed E-state index contributed by atoms with van der Waals surface area (Å²) in [6.07, 6.45) is 0.500. The molecule has 4 heteroatoms. The molecule has 0 atom stereocenters. The summed E-state index contributed by atoms with van der Waals surface area (Å²) < 4.78 is 11.8. The number of benzene rings is 2. The van der Waals surface area contributed by atoms with Gasteiger partial charge in [0.05, 0.1) is 6.61 Å². The Bertz CT molecular complexity index is 753. The SMILES string of the molecule is CCOc1cccc(SC(=O)CC)c1COc1cc(C)c(C)cc1C.